The second kappa shape index (κ2) is 7.09. The number of sulfonamides is 1. The van der Waals surface area contributed by atoms with Crippen LogP contribution in [0.15, 0.2) is 29.7 Å². The molecule has 1 N–H and O–H groups in total. The van der Waals surface area contributed by atoms with Gasteiger partial charge in [0.2, 0.25) is 10.0 Å². The molecule has 136 valence electrons. The molecular formula is C16H22N4O4S. The summed E-state index contributed by atoms with van der Waals surface area (Å²) in [5, 5.41) is 6.66. The summed E-state index contributed by atoms with van der Waals surface area (Å²) >= 11 is 0. The van der Waals surface area contributed by atoms with E-state index in [2.05, 4.69) is 15.5 Å². The standard InChI is InChI=1S/C16H22N4O4S/c1-2-9-25(22,23)20-8-4-6-16(12-20)10-14(19-24-16)15(21)18-13-5-3-7-17-11-13/h3,5,7,11H,2,4,6,8-10,12H2,1H3,(H,18,21). The Morgan fingerprint density at radius 2 is 2.32 bits per heavy atom. The molecule has 25 heavy (non-hydrogen) atoms. The summed E-state index contributed by atoms with van der Waals surface area (Å²) in [7, 11) is -3.29. The van der Waals surface area contributed by atoms with Gasteiger partial charge in [0.15, 0.2) is 5.60 Å². The smallest absolute Gasteiger partial charge is 0.273 e. The molecule has 1 unspecified atom stereocenters. The second-order valence-corrected chi connectivity index (χ2v) is 8.53. The Labute approximate surface area is 147 Å². The molecule has 1 saturated heterocycles. The molecule has 0 radical (unpaired) electrons. The van der Waals surface area contributed by atoms with E-state index < -0.39 is 15.6 Å². The van der Waals surface area contributed by atoms with Gasteiger partial charge in [-0.2, -0.15) is 4.31 Å². The fourth-order valence-corrected chi connectivity index (χ4v) is 4.80. The van der Waals surface area contributed by atoms with Crippen molar-refractivity contribution in [1.29, 1.82) is 0 Å². The molecule has 3 rings (SSSR count). The van der Waals surface area contributed by atoms with Crippen molar-refractivity contribution in [3.8, 4) is 0 Å². The first-order valence-electron chi connectivity index (χ1n) is 8.38. The molecule has 1 amide bonds. The van der Waals surface area contributed by atoms with Crippen LogP contribution in [0.1, 0.15) is 32.6 Å². The highest BCUT2D eigenvalue weighted by Gasteiger charge is 2.46. The first-order valence-corrected chi connectivity index (χ1v) is 9.99. The number of hydrogen-bond acceptors (Lipinski definition) is 6. The van der Waals surface area contributed by atoms with Gasteiger partial charge in [0, 0.05) is 19.2 Å². The van der Waals surface area contributed by atoms with E-state index in [0.29, 0.717) is 37.9 Å². The van der Waals surface area contributed by atoms with Gasteiger partial charge in [-0.05, 0) is 31.4 Å². The van der Waals surface area contributed by atoms with Crippen molar-refractivity contribution >= 4 is 27.3 Å². The topological polar surface area (TPSA) is 101 Å². The predicted octanol–water partition coefficient (Wildman–Crippen LogP) is 1.37. The van der Waals surface area contributed by atoms with Gasteiger partial charge in [0.1, 0.15) is 5.71 Å². The van der Waals surface area contributed by atoms with Crippen LogP contribution in [0.4, 0.5) is 5.69 Å². The number of aromatic nitrogens is 1. The van der Waals surface area contributed by atoms with Crippen LogP contribution in [0.5, 0.6) is 0 Å². The maximum atomic E-state index is 12.3. The molecule has 2 aliphatic rings. The van der Waals surface area contributed by atoms with E-state index >= 15 is 0 Å². The molecule has 3 heterocycles. The van der Waals surface area contributed by atoms with Crippen LogP contribution in [0.2, 0.25) is 0 Å². The molecule has 0 aliphatic carbocycles. The maximum Gasteiger partial charge on any atom is 0.273 e. The molecule has 1 spiro atoms. The molecule has 2 aliphatic heterocycles. The van der Waals surface area contributed by atoms with Gasteiger partial charge >= 0.3 is 0 Å². The zero-order chi connectivity index (χ0) is 17.9. The molecule has 0 bridgehead atoms. The Kier molecular flexibility index (Phi) is 5.05. The third kappa shape index (κ3) is 3.98. The van der Waals surface area contributed by atoms with E-state index in [0.717, 1.165) is 0 Å². The third-order valence-corrected chi connectivity index (χ3v) is 6.40. The second-order valence-electron chi connectivity index (χ2n) is 6.44. The Hall–Kier alpha value is -2.00. The van der Waals surface area contributed by atoms with Gasteiger partial charge in [-0.1, -0.05) is 12.1 Å². The number of carbonyl (C=O) groups is 1. The molecule has 1 aromatic heterocycles. The summed E-state index contributed by atoms with van der Waals surface area (Å²) in [5.74, 6) is -0.225. The lowest BCUT2D eigenvalue weighted by atomic mass is 9.89. The van der Waals surface area contributed by atoms with Crippen molar-refractivity contribution in [2.24, 2.45) is 5.16 Å². The molecule has 0 saturated carbocycles. The van der Waals surface area contributed by atoms with Crippen molar-refractivity contribution in [3.63, 3.8) is 0 Å². The molecule has 0 aromatic carbocycles. The first kappa shape index (κ1) is 17.8. The molecule has 9 heteroatoms. The van der Waals surface area contributed by atoms with Crippen molar-refractivity contribution in [2.75, 3.05) is 24.2 Å². The minimum absolute atomic E-state index is 0.123. The van der Waals surface area contributed by atoms with Crippen molar-refractivity contribution in [2.45, 2.75) is 38.2 Å². The SMILES string of the molecule is CCCS(=O)(=O)N1CCCC2(CC(C(=O)Nc3cccnc3)=NO2)C1. The summed E-state index contributed by atoms with van der Waals surface area (Å²) in [4.78, 5) is 21.8. The number of nitrogens with zero attached hydrogens (tertiary/aromatic N) is 3. The van der Waals surface area contributed by atoms with Crippen molar-refractivity contribution in [3.05, 3.63) is 24.5 Å². The van der Waals surface area contributed by atoms with Crippen molar-refractivity contribution in [1.82, 2.24) is 9.29 Å². The van der Waals surface area contributed by atoms with Crippen LogP contribution < -0.4 is 5.32 Å². The molecule has 1 fully saturated rings. The highest BCUT2D eigenvalue weighted by molar-refractivity contribution is 7.89. The zero-order valence-electron chi connectivity index (χ0n) is 14.1. The van der Waals surface area contributed by atoms with Crippen LogP contribution in [-0.4, -0.2) is 53.8 Å². The summed E-state index contributed by atoms with van der Waals surface area (Å²) in [6.07, 6.45) is 5.41. The van der Waals surface area contributed by atoms with Gasteiger partial charge < -0.3 is 10.2 Å². The van der Waals surface area contributed by atoms with Gasteiger partial charge in [0.25, 0.3) is 5.91 Å². The number of oxime groups is 1. The number of amides is 1. The maximum absolute atomic E-state index is 12.3. The van der Waals surface area contributed by atoms with E-state index in [1.54, 1.807) is 24.5 Å². The average Bonchev–Trinajstić information content (AvgIpc) is 2.99. The first-order chi connectivity index (χ1) is 11.9. The Morgan fingerprint density at radius 1 is 1.48 bits per heavy atom. The van der Waals surface area contributed by atoms with Gasteiger partial charge in [-0.3, -0.25) is 9.78 Å². The van der Waals surface area contributed by atoms with E-state index in [-0.39, 0.29) is 23.9 Å². The van der Waals surface area contributed by atoms with Gasteiger partial charge in [-0.15, -0.1) is 0 Å². The fraction of sp³-hybridized carbons (Fsp3) is 0.562. The number of pyridine rings is 1. The van der Waals surface area contributed by atoms with Crippen LogP contribution in [0.3, 0.4) is 0 Å². The summed E-state index contributed by atoms with van der Waals surface area (Å²) in [6, 6.07) is 3.46. The minimum atomic E-state index is -3.29. The van der Waals surface area contributed by atoms with Crippen LogP contribution in [-0.2, 0) is 19.7 Å². The monoisotopic (exact) mass is 366 g/mol. The normalized spacial score (nSPS) is 24.0. The summed E-state index contributed by atoms with van der Waals surface area (Å²) in [6.45, 7) is 2.57. The Bertz CT molecular complexity index is 766. The van der Waals surface area contributed by atoms with Gasteiger partial charge in [0.05, 0.1) is 24.2 Å². The van der Waals surface area contributed by atoms with Crippen LogP contribution >= 0.6 is 0 Å². The highest BCUT2D eigenvalue weighted by Crippen LogP contribution is 2.34. The number of hydrogen-bond donors (Lipinski definition) is 1. The largest absolute Gasteiger partial charge is 0.387 e. The summed E-state index contributed by atoms with van der Waals surface area (Å²) < 4.78 is 26.1. The number of nitrogens with one attached hydrogen (secondary N) is 1. The minimum Gasteiger partial charge on any atom is -0.387 e. The number of carbonyl (C=O) groups excluding carboxylic acids is 1. The van der Waals surface area contributed by atoms with Crippen LogP contribution in [0.25, 0.3) is 0 Å². The van der Waals surface area contributed by atoms with E-state index in [9.17, 15) is 13.2 Å². The van der Waals surface area contributed by atoms with E-state index in [4.69, 9.17) is 4.84 Å². The molecule has 8 nitrogen and oxygen atoms in total. The van der Waals surface area contributed by atoms with Gasteiger partial charge in [-0.25, -0.2) is 8.42 Å². The molecule has 1 atom stereocenters. The summed E-state index contributed by atoms with van der Waals surface area (Å²) in [5.41, 5.74) is 0.117. The Balaban J connectivity index is 1.65. The lowest BCUT2D eigenvalue weighted by molar-refractivity contribution is -0.110. The van der Waals surface area contributed by atoms with E-state index in [1.165, 1.54) is 4.31 Å². The Morgan fingerprint density at radius 3 is 3.04 bits per heavy atom. The number of piperidine rings is 1. The fourth-order valence-electron chi connectivity index (χ4n) is 3.18. The van der Waals surface area contributed by atoms with Crippen molar-refractivity contribution < 1.29 is 18.0 Å². The number of anilines is 1. The lowest BCUT2D eigenvalue weighted by Gasteiger charge is -2.37. The molecular weight excluding hydrogens is 344 g/mol. The zero-order valence-corrected chi connectivity index (χ0v) is 15.0. The third-order valence-electron chi connectivity index (χ3n) is 4.38. The average molecular weight is 366 g/mol. The van der Waals surface area contributed by atoms with E-state index in [1.807, 2.05) is 6.92 Å². The lowest BCUT2D eigenvalue weighted by Crippen LogP contribution is -2.51. The highest BCUT2D eigenvalue weighted by atomic mass is 32.2. The quantitative estimate of drug-likeness (QED) is 0.848. The van der Waals surface area contributed by atoms with Crippen LogP contribution in [0, 0.1) is 0 Å². The number of rotatable bonds is 5. The molecule has 1 aromatic rings. The predicted molar refractivity (Wildman–Crippen MR) is 93.6 cm³/mol.